The normalized spacial score (nSPS) is 19.7. The number of pyridine rings is 1. The van der Waals surface area contributed by atoms with Gasteiger partial charge in [-0.1, -0.05) is 43.3 Å². The third-order valence-electron chi connectivity index (χ3n) is 4.33. The van der Waals surface area contributed by atoms with Crippen LogP contribution in [0.3, 0.4) is 0 Å². The molecule has 1 aromatic carbocycles. The standard InChI is InChI=1S/C17H19NO/c1-13(15-9-5-6-12-18-15)16(19)17(10-11-17)14-7-3-2-4-8-14/h2-9,12-13,16,19H,10-11H2,1H3. The van der Waals surface area contributed by atoms with Crippen molar-refractivity contribution in [3.8, 4) is 0 Å². The highest BCUT2D eigenvalue weighted by molar-refractivity contribution is 5.34. The van der Waals surface area contributed by atoms with Crippen molar-refractivity contribution in [1.29, 1.82) is 0 Å². The highest BCUT2D eigenvalue weighted by Gasteiger charge is 2.52. The van der Waals surface area contributed by atoms with Gasteiger partial charge in [0.1, 0.15) is 0 Å². The van der Waals surface area contributed by atoms with Gasteiger partial charge in [0.15, 0.2) is 0 Å². The summed E-state index contributed by atoms with van der Waals surface area (Å²) in [5.41, 5.74) is 2.17. The Hall–Kier alpha value is -1.67. The first-order chi connectivity index (χ1) is 9.24. The van der Waals surface area contributed by atoms with Gasteiger partial charge in [0.2, 0.25) is 0 Å². The van der Waals surface area contributed by atoms with Gasteiger partial charge in [-0.15, -0.1) is 0 Å². The van der Waals surface area contributed by atoms with Crippen molar-refractivity contribution < 1.29 is 5.11 Å². The van der Waals surface area contributed by atoms with Crippen LogP contribution in [0.1, 0.15) is 36.9 Å². The molecule has 1 N–H and O–H groups in total. The first kappa shape index (κ1) is 12.4. The molecule has 1 fully saturated rings. The number of aromatic nitrogens is 1. The van der Waals surface area contributed by atoms with Crippen molar-refractivity contribution in [1.82, 2.24) is 4.98 Å². The molecule has 1 heterocycles. The summed E-state index contributed by atoms with van der Waals surface area (Å²) in [6.45, 7) is 2.07. The monoisotopic (exact) mass is 253 g/mol. The Morgan fingerprint density at radius 2 is 1.74 bits per heavy atom. The van der Waals surface area contributed by atoms with Crippen LogP contribution in [0.25, 0.3) is 0 Å². The molecule has 0 amide bonds. The van der Waals surface area contributed by atoms with Crippen LogP contribution in [0.4, 0.5) is 0 Å². The average molecular weight is 253 g/mol. The first-order valence-electron chi connectivity index (χ1n) is 6.88. The number of aliphatic hydroxyl groups is 1. The summed E-state index contributed by atoms with van der Waals surface area (Å²) in [4.78, 5) is 4.37. The lowest BCUT2D eigenvalue weighted by atomic mass is 9.82. The zero-order chi connectivity index (χ0) is 13.3. The van der Waals surface area contributed by atoms with E-state index in [2.05, 4.69) is 24.0 Å². The van der Waals surface area contributed by atoms with Gasteiger partial charge < -0.3 is 5.11 Å². The van der Waals surface area contributed by atoms with Crippen LogP contribution in [0.2, 0.25) is 0 Å². The Kier molecular flexibility index (Phi) is 3.11. The summed E-state index contributed by atoms with van der Waals surface area (Å²) >= 11 is 0. The minimum absolute atomic E-state index is 0.0573. The van der Waals surface area contributed by atoms with Crippen molar-refractivity contribution in [2.75, 3.05) is 0 Å². The SMILES string of the molecule is CC(c1ccccn1)C(O)C1(c2ccccc2)CC1. The quantitative estimate of drug-likeness (QED) is 0.907. The fourth-order valence-corrected chi connectivity index (χ4v) is 2.95. The van der Waals surface area contributed by atoms with E-state index in [-0.39, 0.29) is 17.4 Å². The van der Waals surface area contributed by atoms with Gasteiger partial charge in [-0.3, -0.25) is 4.98 Å². The predicted molar refractivity (Wildman–Crippen MR) is 76.0 cm³/mol. The van der Waals surface area contributed by atoms with E-state index < -0.39 is 0 Å². The van der Waals surface area contributed by atoms with Crippen LogP contribution in [0.15, 0.2) is 54.7 Å². The van der Waals surface area contributed by atoms with Crippen molar-refractivity contribution in [2.45, 2.75) is 37.2 Å². The maximum absolute atomic E-state index is 10.8. The van der Waals surface area contributed by atoms with Crippen molar-refractivity contribution in [3.63, 3.8) is 0 Å². The molecule has 19 heavy (non-hydrogen) atoms. The van der Waals surface area contributed by atoms with E-state index in [0.717, 1.165) is 18.5 Å². The summed E-state index contributed by atoms with van der Waals surface area (Å²) in [5, 5.41) is 10.8. The summed E-state index contributed by atoms with van der Waals surface area (Å²) in [6, 6.07) is 16.3. The molecule has 0 aliphatic heterocycles. The molecule has 2 aromatic rings. The largest absolute Gasteiger partial charge is 0.392 e. The molecule has 2 heteroatoms. The highest BCUT2D eigenvalue weighted by atomic mass is 16.3. The average Bonchev–Trinajstić information content (AvgIpc) is 3.29. The Morgan fingerprint density at radius 3 is 2.32 bits per heavy atom. The Balaban J connectivity index is 1.86. The van der Waals surface area contributed by atoms with Crippen LogP contribution >= 0.6 is 0 Å². The van der Waals surface area contributed by atoms with Crippen LogP contribution in [0.5, 0.6) is 0 Å². The third kappa shape index (κ3) is 2.17. The zero-order valence-electron chi connectivity index (χ0n) is 11.2. The third-order valence-corrected chi connectivity index (χ3v) is 4.33. The Bertz CT molecular complexity index is 534. The number of hydrogen-bond donors (Lipinski definition) is 1. The maximum Gasteiger partial charge on any atom is 0.0717 e. The van der Waals surface area contributed by atoms with Gasteiger partial charge in [0.25, 0.3) is 0 Å². The van der Waals surface area contributed by atoms with E-state index >= 15 is 0 Å². The van der Waals surface area contributed by atoms with E-state index in [1.807, 2.05) is 36.4 Å². The fraction of sp³-hybridized carbons (Fsp3) is 0.353. The topological polar surface area (TPSA) is 33.1 Å². The smallest absolute Gasteiger partial charge is 0.0717 e. The van der Waals surface area contributed by atoms with Crippen LogP contribution in [-0.2, 0) is 5.41 Å². The number of hydrogen-bond acceptors (Lipinski definition) is 2. The second kappa shape index (κ2) is 4.78. The van der Waals surface area contributed by atoms with Gasteiger partial charge in [-0.25, -0.2) is 0 Å². The van der Waals surface area contributed by atoms with Gasteiger partial charge in [0.05, 0.1) is 6.10 Å². The molecule has 1 aromatic heterocycles. The van der Waals surface area contributed by atoms with Gasteiger partial charge in [0, 0.05) is 23.2 Å². The molecule has 1 aliphatic rings. The van der Waals surface area contributed by atoms with E-state index in [4.69, 9.17) is 0 Å². The number of nitrogens with zero attached hydrogens (tertiary/aromatic N) is 1. The molecular formula is C17H19NO. The van der Waals surface area contributed by atoms with Crippen LogP contribution < -0.4 is 0 Å². The number of benzene rings is 1. The van der Waals surface area contributed by atoms with Gasteiger partial charge in [-0.05, 0) is 30.5 Å². The predicted octanol–water partition coefficient (Wildman–Crippen LogP) is 3.28. The molecule has 0 saturated heterocycles. The summed E-state index contributed by atoms with van der Waals surface area (Å²) in [7, 11) is 0. The molecule has 98 valence electrons. The molecular weight excluding hydrogens is 234 g/mol. The molecule has 0 spiro atoms. The Labute approximate surface area is 114 Å². The van der Waals surface area contributed by atoms with Gasteiger partial charge in [-0.2, -0.15) is 0 Å². The minimum atomic E-state index is -0.371. The van der Waals surface area contributed by atoms with E-state index in [1.165, 1.54) is 5.56 Å². The lowest BCUT2D eigenvalue weighted by Crippen LogP contribution is -2.31. The van der Waals surface area contributed by atoms with Crippen molar-refractivity contribution in [3.05, 3.63) is 66.0 Å². The Morgan fingerprint density at radius 1 is 1.05 bits per heavy atom. The molecule has 1 saturated carbocycles. The molecule has 3 rings (SSSR count). The summed E-state index contributed by atoms with van der Waals surface area (Å²) in [5.74, 6) is 0.0592. The fourth-order valence-electron chi connectivity index (χ4n) is 2.95. The lowest BCUT2D eigenvalue weighted by molar-refractivity contribution is 0.106. The number of aliphatic hydroxyl groups excluding tert-OH is 1. The molecule has 2 unspecified atom stereocenters. The second-order valence-corrected chi connectivity index (χ2v) is 5.51. The highest BCUT2D eigenvalue weighted by Crippen LogP contribution is 2.53. The first-order valence-corrected chi connectivity index (χ1v) is 6.88. The molecule has 2 atom stereocenters. The zero-order valence-corrected chi connectivity index (χ0v) is 11.2. The molecule has 2 nitrogen and oxygen atoms in total. The van der Waals surface area contributed by atoms with Crippen molar-refractivity contribution in [2.24, 2.45) is 0 Å². The lowest BCUT2D eigenvalue weighted by Gasteiger charge is -2.27. The van der Waals surface area contributed by atoms with E-state index in [1.54, 1.807) is 6.20 Å². The second-order valence-electron chi connectivity index (χ2n) is 5.51. The minimum Gasteiger partial charge on any atom is -0.392 e. The molecule has 1 aliphatic carbocycles. The van der Waals surface area contributed by atoms with E-state index in [9.17, 15) is 5.11 Å². The van der Waals surface area contributed by atoms with Crippen LogP contribution in [0, 0.1) is 0 Å². The summed E-state index contributed by atoms with van der Waals surface area (Å²) < 4.78 is 0. The maximum atomic E-state index is 10.8. The van der Waals surface area contributed by atoms with E-state index in [0.29, 0.717) is 0 Å². The molecule has 0 radical (unpaired) electrons. The van der Waals surface area contributed by atoms with Crippen LogP contribution in [-0.4, -0.2) is 16.2 Å². The van der Waals surface area contributed by atoms with Gasteiger partial charge >= 0.3 is 0 Å². The van der Waals surface area contributed by atoms with Crippen molar-refractivity contribution >= 4 is 0 Å². The number of rotatable bonds is 4. The summed E-state index contributed by atoms with van der Waals surface area (Å²) in [6.07, 6.45) is 3.55. The molecule has 0 bridgehead atoms.